The van der Waals surface area contributed by atoms with Crippen molar-refractivity contribution in [2.75, 3.05) is 6.61 Å². The second-order valence-electron chi connectivity index (χ2n) is 22.5. The van der Waals surface area contributed by atoms with Crippen LogP contribution in [0.15, 0.2) is 85.1 Å². The molecule has 0 aliphatic carbocycles. The second-order valence-corrected chi connectivity index (χ2v) is 22.5. The van der Waals surface area contributed by atoms with Crippen LogP contribution in [-0.2, 0) is 4.79 Å². The van der Waals surface area contributed by atoms with Crippen molar-refractivity contribution in [1.82, 2.24) is 5.32 Å². The number of aliphatic hydroxyl groups excluding tert-OH is 2. The van der Waals surface area contributed by atoms with Gasteiger partial charge >= 0.3 is 0 Å². The molecule has 1 amide bonds. The molecular formula is C71H129NO3. The number of unbranched alkanes of at least 4 members (excludes halogenated alkanes) is 42. The highest BCUT2D eigenvalue weighted by molar-refractivity contribution is 5.76. The quantitative estimate of drug-likeness (QED) is 0.0420. The minimum Gasteiger partial charge on any atom is -0.394 e. The Morgan fingerprint density at radius 3 is 0.933 bits per heavy atom. The first kappa shape index (κ1) is 72.6. The third-order valence-electron chi connectivity index (χ3n) is 15.1. The summed E-state index contributed by atoms with van der Waals surface area (Å²) in [7, 11) is 0. The fourth-order valence-corrected chi connectivity index (χ4v) is 10.1. The maximum Gasteiger partial charge on any atom is 0.220 e. The van der Waals surface area contributed by atoms with Crippen molar-refractivity contribution < 1.29 is 15.0 Å². The standard InChI is InChI=1S/C71H129NO3/c1-3-5-7-9-11-13-15-17-19-21-23-25-27-29-31-33-35-37-38-40-42-44-46-48-50-52-54-56-58-60-62-64-66-70(74)69(68-73)72-71(75)67-65-63-61-59-57-55-53-51-49-47-45-43-41-39-36-34-32-30-28-26-24-22-20-18-16-14-12-10-8-6-4-2/h6,8,12,14,18,20,24,26,30,32,56,58,64,66,69-70,73-74H,3-5,7,9-11,13,15-17,19,21-23,25,27-29,31,33-55,57,59-63,65,67-68H2,1-2H3,(H,72,75)/b8-6-,14-12-,20-18-,26-24-,32-30-,58-56+,66-64+. The Kier molecular flexibility index (Phi) is 63.7. The Bertz CT molecular complexity index is 1320. The molecule has 0 radical (unpaired) electrons. The number of rotatable bonds is 61. The van der Waals surface area contributed by atoms with Crippen LogP contribution in [0.4, 0.5) is 0 Å². The maximum atomic E-state index is 12.5. The van der Waals surface area contributed by atoms with Gasteiger partial charge in [-0.1, -0.05) is 343 Å². The molecule has 0 aliphatic heterocycles. The van der Waals surface area contributed by atoms with Gasteiger partial charge in [-0.3, -0.25) is 4.79 Å². The maximum absolute atomic E-state index is 12.5. The zero-order valence-electron chi connectivity index (χ0n) is 50.3. The summed E-state index contributed by atoms with van der Waals surface area (Å²) < 4.78 is 0. The highest BCUT2D eigenvalue weighted by Gasteiger charge is 2.18. The van der Waals surface area contributed by atoms with Crippen LogP contribution < -0.4 is 5.32 Å². The summed E-state index contributed by atoms with van der Waals surface area (Å²) in [6.07, 6.45) is 96.6. The molecule has 436 valence electrons. The van der Waals surface area contributed by atoms with E-state index in [1.807, 2.05) is 6.08 Å². The molecule has 0 saturated carbocycles. The van der Waals surface area contributed by atoms with Crippen molar-refractivity contribution in [3.8, 4) is 0 Å². The second kappa shape index (κ2) is 65.9. The van der Waals surface area contributed by atoms with Gasteiger partial charge in [0.05, 0.1) is 18.8 Å². The number of hydrogen-bond acceptors (Lipinski definition) is 3. The summed E-state index contributed by atoms with van der Waals surface area (Å²) >= 11 is 0. The van der Waals surface area contributed by atoms with E-state index in [0.29, 0.717) is 6.42 Å². The fourth-order valence-electron chi connectivity index (χ4n) is 10.1. The smallest absolute Gasteiger partial charge is 0.220 e. The topological polar surface area (TPSA) is 69.6 Å². The lowest BCUT2D eigenvalue weighted by molar-refractivity contribution is -0.123. The minimum atomic E-state index is -0.868. The van der Waals surface area contributed by atoms with E-state index in [2.05, 4.69) is 92.1 Å². The number of amides is 1. The number of allylic oxidation sites excluding steroid dienone is 13. The van der Waals surface area contributed by atoms with E-state index >= 15 is 0 Å². The summed E-state index contributed by atoms with van der Waals surface area (Å²) in [5.74, 6) is -0.0724. The Balaban J connectivity index is 3.50. The Morgan fingerprint density at radius 1 is 0.333 bits per heavy atom. The molecule has 0 saturated heterocycles. The highest BCUT2D eigenvalue weighted by Crippen LogP contribution is 2.18. The Morgan fingerprint density at radius 2 is 0.600 bits per heavy atom. The van der Waals surface area contributed by atoms with Crippen molar-refractivity contribution >= 4 is 5.91 Å². The van der Waals surface area contributed by atoms with Gasteiger partial charge in [0.25, 0.3) is 0 Å². The minimum absolute atomic E-state index is 0.0724. The number of aliphatic hydroxyl groups is 2. The lowest BCUT2D eigenvalue weighted by Gasteiger charge is -2.19. The SMILES string of the molecule is CC/C=C\C/C=C\C/C=C\C/C=C\C/C=C\CCCCCCCCCCCCCCCCCC(=O)NC(CO)C(O)/C=C/CC/C=C/CCCCCCCCCCCCCCCCCCCCCCCCCCCC. The van der Waals surface area contributed by atoms with Gasteiger partial charge in [-0.05, 0) is 77.0 Å². The first-order valence-corrected chi connectivity index (χ1v) is 33.3. The van der Waals surface area contributed by atoms with Crippen LogP contribution in [0.5, 0.6) is 0 Å². The number of nitrogens with one attached hydrogen (secondary N) is 1. The van der Waals surface area contributed by atoms with Gasteiger partial charge in [0, 0.05) is 6.42 Å². The lowest BCUT2D eigenvalue weighted by Crippen LogP contribution is -2.45. The molecule has 0 aliphatic rings. The molecular weight excluding hydrogens is 915 g/mol. The van der Waals surface area contributed by atoms with Gasteiger partial charge in [0.1, 0.15) is 0 Å². The molecule has 0 aromatic carbocycles. The molecule has 3 N–H and O–H groups in total. The van der Waals surface area contributed by atoms with E-state index in [4.69, 9.17) is 0 Å². The van der Waals surface area contributed by atoms with E-state index in [1.54, 1.807) is 6.08 Å². The molecule has 4 heteroatoms. The molecule has 0 fully saturated rings. The van der Waals surface area contributed by atoms with Crippen LogP contribution in [0, 0.1) is 0 Å². The fraction of sp³-hybridized carbons (Fsp3) is 0.789. The molecule has 0 spiro atoms. The van der Waals surface area contributed by atoms with Crippen molar-refractivity contribution in [2.45, 2.75) is 353 Å². The molecule has 0 aromatic heterocycles. The van der Waals surface area contributed by atoms with E-state index in [9.17, 15) is 15.0 Å². The molecule has 75 heavy (non-hydrogen) atoms. The molecule has 4 nitrogen and oxygen atoms in total. The van der Waals surface area contributed by atoms with Crippen molar-refractivity contribution in [2.24, 2.45) is 0 Å². The van der Waals surface area contributed by atoms with Gasteiger partial charge in [-0.25, -0.2) is 0 Å². The third kappa shape index (κ3) is 62.3. The van der Waals surface area contributed by atoms with Crippen molar-refractivity contribution in [3.63, 3.8) is 0 Å². The van der Waals surface area contributed by atoms with Crippen molar-refractivity contribution in [1.29, 1.82) is 0 Å². The number of carbonyl (C=O) groups excluding carboxylic acids is 1. The summed E-state index contributed by atoms with van der Waals surface area (Å²) in [4.78, 5) is 12.5. The van der Waals surface area contributed by atoms with Crippen molar-refractivity contribution in [3.05, 3.63) is 85.1 Å². The number of hydrogen-bond donors (Lipinski definition) is 3. The third-order valence-corrected chi connectivity index (χ3v) is 15.1. The number of carbonyl (C=O) groups is 1. The summed E-state index contributed by atoms with van der Waals surface area (Å²) in [6, 6.07) is -0.645. The monoisotopic (exact) mass is 1040 g/mol. The van der Waals surface area contributed by atoms with E-state index in [-0.39, 0.29) is 12.5 Å². The summed E-state index contributed by atoms with van der Waals surface area (Å²) in [5, 5.41) is 23.3. The van der Waals surface area contributed by atoms with E-state index in [1.165, 1.54) is 257 Å². The molecule has 2 unspecified atom stereocenters. The van der Waals surface area contributed by atoms with Crippen LogP contribution >= 0.6 is 0 Å². The molecule has 0 aromatic rings. The van der Waals surface area contributed by atoms with Crippen LogP contribution in [0.25, 0.3) is 0 Å². The molecule has 2 atom stereocenters. The first-order valence-electron chi connectivity index (χ1n) is 33.3. The Labute approximate surface area is 469 Å². The van der Waals surface area contributed by atoms with Crippen LogP contribution in [-0.4, -0.2) is 34.9 Å². The van der Waals surface area contributed by atoms with E-state index < -0.39 is 12.1 Å². The van der Waals surface area contributed by atoms with Gasteiger partial charge in [0.15, 0.2) is 0 Å². The zero-order valence-corrected chi connectivity index (χ0v) is 50.3. The predicted molar refractivity (Wildman–Crippen MR) is 336 cm³/mol. The van der Waals surface area contributed by atoms with Gasteiger partial charge in [-0.15, -0.1) is 0 Å². The average molecular weight is 1040 g/mol. The van der Waals surface area contributed by atoms with Crippen LogP contribution in [0.3, 0.4) is 0 Å². The largest absolute Gasteiger partial charge is 0.394 e. The summed E-state index contributed by atoms with van der Waals surface area (Å²) in [6.45, 7) is 4.21. The van der Waals surface area contributed by atoms with Gasteiger partial charge in [0.2, 0.25) is 5.91 Å². The first-order chi connectivity index (χ1) is 37.2. The van der Waals surface area contributed by atoms with Crippen LogP contribution in [0.1, 0.15) is 341 Å². The normalized spacial score (nSPS) is 13.3. The average Bonchev–Trinajstić information content (AvgIpc) is 3.41. The van der Waals surface area contributed by atoms with Gasteiger partial charge in [-0.2, -0.15) is 0 Å². The highest BCUT2D eigenvalue weighted by atomic mass is 16.3. The van der Waals surface area contributed by atoms with Crippen LogP contribution in [0.2, 0.25) is 0 Å². The lowest BCUT2D eigenvalue weighted by atomic mass is 10.0. The predicted octanol–water partition coefficient (Wildman–Crippen LogP) is 22.7. The zero-order chi connectivity index (χ0) is 54.1. The molecule has 0 heterocycles. The molecule has 0 bridgehead atoms. The summed E-state index contributed by atoms with van der Waals surface area (Å²) in [5.41, 5.74) is 0. The van der Waals surface area contributed by atoms with E-state index in [0.717, 1.165) is 64.2 Å². The Hall–Kier alpha value is -2.43. The molecule has 0 rings (SSSR count). The van der Waals surface area contributed by atoms with Gasteiger partial charge < -0.3 is 15.5 Å².